The second-order valence-corrected chi connectivity index (χ2v) is 6.98. The molecular weight excluding hydrogens is 356 g/mol. The molecule has 0 saturated carbocycles. The van der Waals surface area contributed by atoms with E-state index in [4.69, 9.17) is 5.73 Å². The van der Waals surface area contributed by atoms with Crippen molar-refractivity contribution in [3.63, 3.8) is 0 Å². The number of amides is 2. The number of ether oxygens (including phenoxy) is 1. The van der Waals surface area contributed by atoms with E-state index in [9.17, 15) is 9.59 Å². The van der Waals surface area contributed by atoms with Crippen LogP contribution in [0, 0.1) is 5.92 Å². The van der Waals surface area contributed by atoms with Gasteiger partial charge in [-0.2, -0.15) is 0 Å². The first-order valence-electron chi connectivity index (χ1n) is 9.53. The van der Waals surface area contributed by atoms with Crippen molar-refractivity contribution in [3.8, 4) is 11.1 Å². The number of nitrogens with one attached hydrogen (secondary N) is 2. The van der Waals surface area contributed by atoms with Gasteiger partial charge >= 0.3 is 6.09 Å². The van der Waals surface area contributed by atoms with Crippen molar-refractivity contribution in [3.05, 3.63) is 42.2 Å². The lowest BCUT2D eigenvalue weighted by molar-refractivity contribution is -0.120. The summed E-state index contributed by atoms with van der Waals surface area (Å²) >= 11 is 0. The average Bonchev–Trinajstić information content (AvgIpc) is 2.70. The molecule has 28 heavy (non-hydrogen) atoms. The number of benzene rings is 1. The van der Waals surface area contributed by atoms with Gasteiger partial charge in [0.1, 0.15) is 0 Å². The molecule has 2 amide bonds. The standard InChI is InChI=1S/C21H26N4O3/c1-3-13-5-4-6-17(22)19-11-14(9-10-23-19)16-8-7-15(24-21(27)28-2)12-18(16)25-20(13)26/h7-13,17H,3-6,22H2,1-2H3,(H,24,27)(H,25,26)/t13?,17-/m0/s1. The fourth-order valence-corrected chi connectivity index (χ4v) is 3.45. The Balaban J connectivity index is 2.07. The zero-order valence-corrected chi connectivity index (χ0v) is 16.2. The molecule has 1 aliphatic heterocycles. The van der Waals surface area contributed by atoms with Gasteiger partial charge in [-0.1, -0.05) is 19.4 Å². The van der Waals surface area contributed by atoms with Crippen LogP contribution in [0.4, 0.5) is 16.2 Å². The molecule has 0 spiro atoms. The van der Waals surface area contributed by atoms with Gasteiger partial charge in [0.05, 0.1) is 18.5 Å². The zero-order chi connectivity index (χ0) is 20.1. The number of fused-ring (bicyclic) bond motifs is 4. The van der Waals surface area contributed by atoms with Gasteiger partial charge in [0.2, 0.25) is 5.91 Å². The zero-order valence-electron chi connectivity index (χ0n) is 16.2. The minimum absolute atomic E-state index is 0.0256. The van der Waals surface area contributed by atoms with Crippen LogP contribution in [0.2, 0.25) is 0 Å². The van der Waals surface area contributed by atoms with E-state index in [2.05, 4.69) is 20.4 Å². The van der Waals surface area contributed by atoms with E-state index >= 15 is 0 Å². The van der Waals surface area contributed by atoms with Gasteiger partial charge in [0.25, 0.3) is 0 Å². The number of methoxy groups -OCH3 is 1. The van der Waals surface area contributed by atoms with E-state index in [0.717, 1.165) is 42.5 Å². The van der Waals surface area contributed by atoms with Gasteiger partial charge in [-0.25, -0.2) is 4.79 Å². The molecule has 2 heterocycles. The van der Waals surface area contributed by atoms with Crippen molar-refractivity contribution in [2.45, 2.75) is 38.6 Å². The fraction of sp³-hybridized carbons (Fsp3) is 0.381. The molecule has 7 heteroatoms. The van der Waals surface area contributed by atoms with E-state index in [1.807, 2.05) is 25.1 Å². The molecule has 1 aromatic heterocycles. The third kappa shape index (κ3) is 4.48. The molecule has 1 unspecified atom stereocenters. The number of aromatic nitrogens is 1. The van der Waals surface area contributed by atoms with Crippen LogP contribution in [0.1, 0.15) is 44.3 Å². The first-order valence-corrected chi connectivity index (χ1v) is 9.53. The molecule has 0 aliphatic carbocycles. The number of rotatable bonds is 2. The highest BCUT2D eigenvalue weighted by atomic mass is 16.5. The van der Waals surface area contributed by atoms with Crippen molar-refractivity contribution in [2.24, 2.45) is 11.7 Å². The third-order valence-corrected chi connectivity index (χ3v) is 5.11. The molecule has 0 fully saturated rings. The highest BCUT2D eigenvalue weighted by Gasteiger charge is 2.21. The summed E-state index contributed by atoms with van der Waals surface area (Å²) in [6, 6.07) is 9.05. The van der Waals surface area contributed by atoms with Crippen LogP contribution in [0.3, 0.4) is 0 Å². The van der Waals surface area contributed by atoms with Crippen LogP contribution in [-0.2, 0) is 9.53 Å². The Kier molecular flexibility index (Phi) is 6.26. The molecule has 2 atom stereocenters. The lowest BCUT2D eigenvalue weighted by Crippen LogP contribution is -2.24. The number of nitrogens with zero attached hydrogens (tertiary/aromatic N) is 1. The Labute approximate surface area is 164 Å². The summed E-state index contributed by atoms with van der Waals surface area (Å²) < 4.78 is 4.65. The molecule has 2 aromatic rings. The van der Waals surface area contributed by atoms with Crippen LogP contribution < -0.4 is 16.4 Å². The van der Waals surface area contributed by atoms with Gasteiger partial charge < -0.3 is 15.8 Å². The summed E-state index contributed by atoms with van der Waals surface area (Å²) in [5.41, 5.74) is 10.1. The van der Waals surface area contributed by atoms with E-state index < -0.39 is 6.09 Å². The first kappa shape index (κ1) is 19.8. The lowest BCUT2D eigenvalue weighted by Gasteiger charge is -2.21. The SMILES string of the molecule is CCC1CCC[C@H](N)c2cc(ccn2)-c2ccc(NC(=O)OC)cc2NC1=O. The van der Waals surface area contributed by atoms with Crippen molar-refractivity contribution >= 4 is 23.4 Å². The molecule has 4 N–H and O–H groups in total. The van der Waals surface area contributed by atoms with Gasteiger partial charge in [-0.15, -0.1) is 0 Å². The van der Waals surface area contributed by atoms with Crippen molar-refractivity contribution in [2.75, 3.05) is 17.7 Å². The molecule has 148 valence electrons. The van der Waals surface area contributed by atoms with E-state index in [-0.39, 0.29) is 17.9 Å². The highest BCUT2D eigenvalue weighted by Crippen LogP contribution is 2.33. The first-order chi connectivity index (χ1) is 13.5. The Hall–Kier alpha value is -2.93. The number of hydrogen-bond acceptors (Lipinski definition) is 5. The van der Waals surface area contributed by atoms with Crippen molar-refractivity contribution in [1.29, 1.82) is 0 Å². The van der Waals surface area contributed by atoms with Crippen LogP contribution in [0.15, 0.2) is 36.5 Å². The second-order valence-electron chi connectivity index (χ2n) is 6.98. The summed E-state index contributed by atoms with van der Waals surface area (Å²) in [6.07, 6.45) is 4.33. The number of carbonyl (C=O) groups excluding carboxylic acids is 2. The number of pyridine rings is 1. The normalized spacial score (nSPS) is 19.5. The summed E-state index contributed by atoms with van der Waals surface area (Å²) in [5, 5.41) is 5.69. The molecule has 0 radical (unpaired) electrons. The quantitative estimate of drug-likeness (QED) is 0.726. The van der Waals surface area contributed by atoms with E-state index in [0.29, 0.717) is 11.4 Å². The van der Waals surface area contributed by atoms with E-state index in [1.165, 1.54) is 7.11 Å². The summed E-state index contributed by atoms with van der Waals surface area (Å²) in [6.45, 7) is 2.01. The Morgan fingerprint density at radius 2 is 2.14 bits per heavy atom. The molecular formula is C21H26N4O3. The molecule has 2 bridgehead atoms. The predicted molar refractivity (Wildman–Crippen MR) is 109 cm³/mol. The average molecular weight is 382 g/mol. The minimum Gasteiger partial charge on any atom is -0.453 e. The van der Waals surface area contributed by atoms with Crippen LogP contribution >= 0.6 is 0 Å². The maximum atomic E-state index is 12.9. The highest BCUT2D eigenvalue weighted by molar-refractivity contribution is 5.98. The van der Waals surface area contributed by atoms with Gasteiger partial charge in [-0.05, 0) is 49.1 Å². The smallest absolute Gasteiger partial charge is 0.411 e. The van der Waals surface area contributed by atoms with Gasteiger partial charge in [-0.3, -0.25) is 15.1 Å². The maximum Gasteiger partial charge on any atom is 0.411 e. The van der Waals surface area contributed by atoms with Crippen LogP contribution in [0.25, 0.3) is 11.1 Å². The second kappa shape index (κ2) is 8.84. The van der Waals surface area contributed by atoms with Crippen molar-refractivity contribution < 1.29 is 14.3 Å². The van der Waals surface area contributed by atoms with E-state index in [1.54, 1.807) is 18.3 Å². The molecule has 0 saturated heterocycles. The molecule has 1 aromatic carbocycles. The van der Waals surface area contributed by atoms with Crippen LogP contribution in [0.5, 0.6) is 0 Å². The lowest BCUT2D eigenvalue weighted by atomic mass is 9.93. The number of anilines is 2. The maximum absolute atomic E-state index is 12.9. The summed E-state index contributed by atoms with van der Waals surface area (Å²) in [4.78, 5) is 28.8. The molecule has 3 rings (SSSR count). The predicted octanol–water partition coefficient (Wildman–Crippen LogP) is 4.08. The van der Waals surface area contributed by atoms with Crippen molar-refractivity contribution in [1.82, 2.24) is 4.98 Å². The number of nitrogens with two attached hydrogens (primary N) is 1. The van der Waals surface area contributed by atoms with Gasteiger partial charge in [0, 0.05) is 29.4 Å². The largest absolute Gasteiger partial charge is 0.453 e. The van der Waals surface area contributed by atoms with Gasteiger partial charge in [0.15, 0.2) is 0 Å². The third-order valence-electron chi connectivity index (χ3n) is 5.11. The summed E-state index contributed by atoms with van der Waals surface area (Å²) in [7, 11) is 1.30. The fourth-order valence-electron chi connectivity index (χ4n) is 3.45. The Bertz CT molecular complexity index is 868. The Morgan fingerprint density at radius 1 is 1.32 bits per heavy atom. The summed E-state index contributed by atoms with van der Waals surface area (Å²) in [5.74, 6) is -0.120. The molecule has 1 aliphatic rings. The van der Waals surface area contributed by atoms with Crippen LogP contribution in [-0.4, -0.2) is 24.1 Å². The topological polar surface area (TPSA) is 106 Å². The Morgan fingerprint density at radius 3 is 2.89 bits per heavy atom. The minimum atomic E-state index is -0.567. The monoisotopic (exact) mass is 382 g/mol. The number of hydrogen-bond donors (Lipinski definition) is 3. The number of carbonyl (C=O) groups is 2. The molecule has 7 nitrogen and oxygen atoms in total.